The third-order valence-electron chi connectivity index (χ3n) is 5.48. The zero-order chi connectivity index (χ0) is 21.5. The number of allylic oxidation sites excluding steroid dienone is 2. The van der Waals surface area contributed by atoms with Gasteiger partial charge >= 0.3 is 0 Å². The number of hydrogen-bond acceptors (Lipinski definition) is 2. The number of alkyl halides is 2. The van der Waals surface area contributed by atoms with Crippen molar-refractivity contribution in [2.45, 2.75) is 26.7 Å². The highest BCUT2D eigenvalue weighted by molar-refractivity contribution is 6.10. The highest BCUT2D eigenvalue weighted by atomic mass is 19.3. The van der Waals surface area contributed by atoms with Gasteiger partial charge in [0.1, 0.15) is 11.5 Å². The van der Waals surface area contributed by atoms with E-state index in [0.29, 0.717) is 22.6 Å². The molecule has 0 saturated carbocycles. The van der Waals surface area contributed by atoms with Gasteiger partial charge in [-0.15, -0.1) is 0 Å². The third kappa shape index (κ3) is 3.54. The Morgan fingerprint density at radius 2 is 1.73 bits per heavy atom. The molecule has 1 aromatic heterocycles. The van der Waals surface area contributed by atoms with E-state index in [1.54, 1.807) is 24.3 Å². The van der Waals surface area contributed by atoms with Crippen LogP contribution >= 0.6 is 0 Å². The molecule has 152 valence electrons. The molecular formula is C26H23F2NO. The fourth-order valence-corrected chi connectivity index (χ4v) is 4.02. The van der Waals surface area contributed by atoms with Gasteiger partial charge in [-0.1, -0.05) is 62.0 Å². The number of furan rings is 1. The molecule has 0 saturated heterocycles. The first-order chi connectivity index (χ1) is 14.3. The number of aliphatic imine (C=N–C) groups is 1. The Morgan fingerprint density at radius 1 is 1.03 bits per heavy atom. The van der Waals surface area contributed by atoms with Gasteiger partial charge in [-0.2, -0.15) is 0 Å². The molecule has 0 spiro atoms. The van der Waals surface area contributed by atoms with Crippen LogP contribution in [0.1, 0.15) is 43.2 Å². The van der Waals surface area contributed by atoms with Gasteiger partial charge in [0.2, 0.25) is 0 Å². The van der Waals surface area contributed by atoms with Crippen LogP contribution in [0.15, 0.2) is 82.3 Å². The summed E-state index contributed by atoms with van der Waals surface area (Å²) in [6.07, 6.45) is 1.56. The Balaban J connectivity index is 1.70. The van der Waals surface area contributed by atoms with E-state index in [-0.39, 0.29) is 11.5 Å². The van der Waals surface area contributed by atoms with E-state index < -0.39 is 5.92 Å². The van der Waals surface area contributed by atoms with Gasteiger partial charge in [-0.3, -0.25) is 4.99 Å². The Morgan fingerprint density at radius 3 is 2.40 bits per heavy atom. The molecule has 0 N–H and O–H groups in total. The third-order valence-corrected chi connectivity index (χ3v) is 5.48. The van der Waals surface area contributed by atoms with Crippen molar-refractivity contribution in [2.75, 3.05) is 0 Å². The first-order valence-electron chi connectivity index (χ1n) is 9.89. The van der Waals surface area contributed by atoms with Crippen LogP contribution < -0.4 is 0 Å². The SMILES string of the molecule is C=Cc1ccc(-c2ccc(C3=NC(C)=C(c4ccccc4)C3C)o2)c(C(C)(F)F)c1. The highest BCUT2D eigenvalue weighted by Gasteiger charge is 2.31. The van der Waals surface area contributed by atoms with Crippen molar-refractivity contribution in [3.8, 4) is 11.3 Å². The lowest BCUT2D eigenvalue weighted by Gasteiger charge is -2.16. The summed E-state index contributed by atoms with van der Waals surface area (Å²) in [5.41, 5.74) is 4.96. The molecule has 2 aromatic carbocycles. The second-order valence-electron chi connectivity index (χ2n) is 7.65. The van der Waals surface area contributed by atoms with Crippen LogP contribution in [0.2, 0.25) is 0 Å². The van der Waals surface area contributed by atoms with Gasteiger partial charge in [-0.25, -0.2) is 8.78 Å². The van der Waals surface area contributed by atoms with Crippen molar-refractivity contribution in [1.82, 2.24) is 0 Å². The topological polar surface area (TPSA) is 25.5 Å². The van der Waals surface area contributed by atoms with E-state index in [2.05, 4.69) is 25.6 Å². The monoisotopic (exact) mass is 403 g/mol. The van der Waals surface area contributed by atoms with Crippen molar-refractivity contribution < 1.29 is 13.2 Å². The molecule has 0 fully saturated rings. The smallest absolute Gasteiger partial charge is 0.271 e. The van der Waals surface area contributed by atoms with Gasteiger partial charge in [0.05, 0.1) is 5.71 Å². The molecule has 4 rings (SSSR count). The van der Waals surface area contributed by atoms with Crippen LogP contribution in [-0.4, -0.2) is 5.71 Å². The average molecular weight is 403 g/mol. The number of hydrogen-bond donors (Lipinski definition) is 0. The molecule has 1 unspecified atom stereocenters. The Labute approximate surface area is 175 Å². The summed E-state index contributed by atoms with van der Waals surface area (Å²) >= 11 is 0. The minimum atomic E-state index is -3.00. The minimum Gasteiger partial charge on any atom is -0.455 e. The van der Waals surface area contributed by atoms with Crippen molar-refractivity contribution in [3.63, 3.8) is 0 Å². The Hall–Kier alpha value is -3.27. The lowest BCUT2D eigenvalue weighted by atomic mass is 9.90. The summed E-state index contributed by atoms with van der Waals surface area (Å²) in [6, 6.07) is 18.5. The Kier molecular flexibility index (Phi) is 5.02. The largest absolute Gasteiger partial charge is 0.455 e. The molecule has 30 heavy (non-hydrogen) atoms. The van der Waals surface area contributed by atoms with E-state index >= 15 is 0 Å². The molecule has 3 aromatic rings. The van der Waals surface area contributed by atoms with E-state index in [9.17, 15) is 8.78 Å². The summed E-state index contributed by atoms with van der Waals surface area (Å²) in [5, 5.41) is 0. The molecular weight excluding hydrogens is 380 g/mol. The van der Waals surface area contributed by atoms with Crippen molar-refractivity contribution in [2.24, 2.45) is 10.9 Å². The van der Waals surface area contributed by atoms with Crippen molar-refractivity contribution in [1.29, 1.82) is 0 Å². The lowest BCUT2D eigenvalue weighted by molar-refractivity contribution is 0.0179. The second-order valence-corrected chi connectivity index (χ2v) is 7.65. The van der Waals surface area contributed by atoms with Crippen LogP contribution in [0.5, 0.6) is 0 Å². The molecule has 0 bridgehead atoms. The van der Waals surface area contributed by atoms with Gasteiger partial charge in [-0.05, 0) is 41.8 Å². The van der Waals surface area contributed by atoms with E-state index in [1.807, 2.05) is 31.2 Å². The standard InChI is InChI=1S/C26H23F2NO/c1-5-18-11-12-20(21(15-18)26(4,27)28)22-13-14-23(30-22)25-16(2)24(17(3)29-25)19-9-7-6-8-10-19/h5-16H,1H2,2-4H3. The molecule has 1 aliphatic rings. The number of rotatable bonds is 5. The summed E-state index contributed by atoms with van der Waals surface area (Å²) in [6.45, 7) is 8.64. The summed E-state index contributed by atoms with van der Waals surface area (Å²) in [4.78, 5) is 4.74. The van der Waals surface area contributed by atoms with E-state index in [1.165, 1.54) is 6.07 Å². The van der Waals surface area contributed by atoms with Crippen LogP contribution in [0, 0.1) is 5.92 Å². The maximum absolute atomic E-state index is 14.3. The first-order valence-corrected chi connectivity index (χ1v) is 9.89. The van der Waals surface area contributed by atoms with Gasteiger partial charge in [0.25, 0.3) is 5.92 Å². The zero-order valence-electron chi connectivity index (χ0n) is 17.2. The van der Waals surface area contributed by atoms with Gasteiger partial charge in [0.15, 0.2) is 0 Å². The molecule has 2 heterocycles. The predicted octanol–water partition coefficient (Wildman–Crippen LogP) is 7.57. The lowest BCUT2D eigenvalue weighted by Crippen LogP contribution is -2.10. The van der Waals surface area contributed by atoms with Gasteiger partial charge in [0, 0.05) is 29.7 Å². The maximum atomic E-state index is 14.3. The molecule has 0 amide bonds. The summed E-state index contributed by atoms with van der Waals surface area (Å²) in [5.74, 6) is -1.96. The van der Waals surface area contributed by atoms with Gasteiger partial charge < -0.3 is 4.42 Å². The van der Waals surface area contributed by atoms with E-state index in [4.69, 9.17) is 9.41 Å². The first kappa shape index (κ1) is 20.0. The van der Waals surface area contributed by atoms with Crippen molar-refractivity contribution in [3.05, 3.63) is 95.4 Å². The molecule has 1 atom stereocenters. The van der Waals surface area contributed by atoms with Crippen LogP contribution in [0.4, 0.5) is 8.78 Å². The normalized spacial score (nSPS) is 16.7. The number of benzene rings is 2. The summed E-state index contributed by atoms with van der Waals surface area (Å²) in [7, 11) is 0. The molecule has 2 nitrogen and oxygen atoms in total. The summed E-state index contributed by atoms with van der Waals surface area (Å²) < 4.78 is 34.6. The number of nitrogens with zero attached hydrogens (tertiary/aromatic N) is 1. The molecule has 1 aliphatic heterocycles. The highest BCUT2D eigenvalue weighted by Crippen LogP contribution is 2.40. The van der Waals surface area contributed by atoms with Crippen LogP contribution in [0.3, 0.4) is 0 Å². The number of halogens is 2. The fraction of sp³-hybridized carbons (Fsp3) is 0.192. The average Bonchev–Trinajstić information content (AvgIpc) is 3.32. The molecule has 0 radical (unpaired) electrons. The molecule has 0 aliphatic carbocycles. The predicted molar refractivity (Wildman–Crippen MR) is 119 cm³/mol. The Bertz CT molecular complexity index is 1160. The molecule has 4 heteroatoms. The second kappa shape index (κ2) is 7.52. The van der Waals surface area contributed by atoms with Crippen LogP contribution in [0.25, 0.3) is 23.0 Å². The maximum Gasteiger partial charge on any atom is 0.271 e. The van der Waals surface area contributed by atoms with Crippen LogP contribution in [-0.2, 0) is 5.92 Å². The fourth-order valence-electron chi connectivity index (χ4n) is 4.02. The quantitative estimate of drug-likeness (QED) is 0.431. The minimum absolute atomic E-state index is 0.0432. The zero-order valence-corrected chi connectivity index (χ0v) is 17.2. The van der Waals surface area contributed by atoms with Crippen molar-refractivity contribution >= 4 is 17.4 Å². The van der Waals surface area contributed by atoms with E-state index in [0.717, 1.165) is 29.5 Å².